The molecule has 0 saturated carbocycles. The molecule has 1 aromatic heterocycles. The highest BCUT2D eigenvalue weighted by Gasteiger charge is 2.28. The molecule has 1 heterocycles. The van der Waals surface area contributed by atoms with E-state index in [1.807, 2.05) is 0 Å². The normalized spacial score (nSPS) is 12.0. The van der Waals surface area contributed by atoms with Crippen LogP contribution in [0.3, 0.4) is 0 Å². The van der Waals surface area contributed by atoms with Crippen molar-refractivity contribution in [1.29, 1.82) is 0 Å². The fraction of sp³-hybridized carbons (Fsp3) is 0.250. The number of rotatable bonds is 3. The van der Waals surface area contributed by atoms with E-state index in [0.29, 0.717) is 16.0 Å². The monoisotopic (exact) mass is 276 g/mol. The van der Waals surface area contributed by atoms with Gasteiger partial charge in [-0.15, -0.1) is 0 Å². The minimum Gasteiger partial charge on any atom is -0.453 e. The number of furan rings is 1. The molecule has 2 rings (SSSR count). The van der Waals surface area contributed by atoms with Gasteiger partial charge >= 0.3 is 6.18 Å². The zero-order valence-corrected chi connectivity index (χ0v) is 9.81. The number of Topliss-reactive ketones (excluding diaryl/α,β-unsaturated/α-hetero) is 1. The number of carbonyl (C=O) groups excluding carboxylic acids is 1. The van der Waals surface area contributed by atoms with E-state index in [0.717, 1.165) is 0 Å². The molecule has 0 radical (unpaired) electrons. The average Bonchev–Trinajstić information content (AvgIpc) is 2.67. The van der Waals surface area contributed by atoms with Crippen molar-refractivity contribution >= 4 is 28.4 Å². The second kappa shape index (κ2) is 4.65. The molecule has 0 aliphatic heterocycles. The standard InChI is InChI=1S/C12H8ClF3O2/c13-8-1-2-10-7(5-8)6-11(18-10)9(17)3-4-12(14,15)16/h1-2,5-6H,3-4H2. The first-order valence-corrected chi connectivity index (χ1v) is 5.52. The molecule has 0 atom stereocenters. The molecule has 0 unspecified atom stereocenters. The Hall–Kier alpha value is -1.49. The largest absolute Gasteiger partial charge is 0.453 e. The van der Waals surface area contributed by atoms with Crippen LogP contribution < -0.4 is 0 Å². The summed E-state index contributed by atoms with van der Waals surface area (Å²) in [5, 5.41) is 1.07. The lowest BCUT2D eigenvalue weighted by molar-refractivity contribution is -0.133. The van der Waals surface area contributed by atoms with Gasteiger partial charge in [0.1, 0.15) is 5.58 Å². The lowest BCUT2D eigenvalue weighted by Crippen LogP contribution is -2.10. The van der Waals surface area contributed by atoms with Gasteiger partial charge in [0, 0.05) is 16.8 Å². The van der Waals surface area contributed by atoms with Crippen molar-refractivity contribution in [2.45, 2.75) is 19.0 Å². The van der Waals surface area contributed by atoms with Gasteiger partial charge in [-0.05, 0) is 24.3 Å². The summed E-state index contributed by atoms with van der Waals surface area (Å²) >= 11 is 5.75. The van der Waals surface area contributed by atoms with E-state index in [1.165, 1.54) is 6.07 Å². The van der Waals surface area contributed by atoms with Gasteiger partial charge in [0.15, 0.2) is 11.5 Å². The molecule has 96 valence electrons. The van der Waals surface area contributed by atoms with Crippen LogP contribution in [0.25, 0.3) is 11.0 Å². The average molecular weight is 277 g/mol. The van der Waals surface area contributed by atoms with Crippen LogP contribution in [0.4, 0.5) is 13.2 Å². The summed E-state index contributed by atoms with van der Waals surface area (Å²) in [6.07, 6.45) is -6.11. The molecule has 0 spiro atoms. The molecule has 6 heteroatoms. The molecule has 0 fully saturated rings. The molecule has 0 aliphatic rings. The van der Waals surface area contributed by atoms with Gasteiger partial charge in [-0.25, -0.2) is 0 Å². The summed E-state index contributed by atoms with van der Waals surface area (Å²) in [5.41, 5.74) is 0.426. The van der Waals surface area contributed by atoms with Crippen LogP contribution in [0.15, 0.2) is 28.7 Å². The lowest BCUT2D eigenvalue weighted by atomic mass is 10.1. The van der Waals surface area contributed by atoms with Crippen molar-refractivity contribution in [2.24, 2.45) is 0 Å². The summed E-state index contributed by atoms with van der Waals surface area (Å²) in [6, 6.07) is 6.14. The molecule has 2 nitrogen and oxygen atoms in total. The number of halogens is 4. The van der Waals surface area contributed by atoms with Crippen molar-refractivity contribution in [1.82, 2.24) is 0 Å². The Bertz CT molecular complexity index is 587. The van der Waals surface area contributed by atoms with Crippen molar-refractivity contribution in [3.05, 3.63) is 35.0 Å². The number of alkyl halides is 3. The molecule has 0 aliphatic carbocycles. The maximum atomic E-state index is 12.0. The van der Waals surface area contributed by atoms with Crippen LogP contribution in [0.2, 0.25) is 5.02 Å². The molecule has 0 saturated heterocycles. The van der Waals surface area contributed by atoms with Gasteiger partial charge in [-0.1, -0.05) is 11.6 Å². The Labute approximate surface area is 105 Å². The first kappa shape index (κ1) is 13.0. The van der Waals surface area contributed by atoms with Crippen molar-refractivity contribution in [3.8, 4) is 0 Å². The van der Waals surface area contributed by atoms with E-state index in [9.17, 15) is 18.0 Å². The topological polar surface area (TPSA) is 30.2 Å². The van der Waals surface area contributed by atoms with Crippen LogP contribution in [0.5, 0.6) is 0 Å². The van der Waals surface area contributed by atoms with Crippen LogP contribution >= 0.6 is 11.6 Å². The highest BCUT2D eigenvalue weighted by Crippen LogP contribution is 2.26. The second-order valence-electron chi connectivity index (χ2n) is 3.83. The highest BCUT2D eigenvalue weighted by atomic mass is 35.5. The molecule has 0 N–H and O–H groups in total. The van der Waals surface area contributed by atoms with Crippen molar-refractivity contribution in [3.63, 3.8) is 0 Å². The maximum Gasteiger partial charge on any atom is 0.389 e. The quantitative estimate of drug-likeness (QED) is 0.766. The molecular formula is C12H8ClF3O2. The third-order valence-corrected chi connectivity index (χ3v) is 2.62. The van der Waals surface area contributed by atoms with Gasteiger partial charge < -0.3 is 4.42 Å². The minimum absolute atomic E-state index is 0.0727. The van der Waals surface area contributed by atoms with E-state index < -0.39 is 24.8 Å². The summed E-state index contributed by atoms with van der Waals surface area (Å²) in [4.78, 5) is 11.5. The van der Waals surface area contributed by atoms with Gasteiger partial charge in [-0.2, -0.15) is 13.2 Å². The Kier molecular flexibility index (Phi) is 3.34. The number of benzene rings is 1. The smallest absolute Gasteiger partial charge is 0.389 e. The summed E-state index contributed by atoms with van der Waals surface area (Å²) in [7, 11) is 0. The number of hydrogen-bond acceptors (Lipinski definition) is 2. The second-order valence-corrected chi connectivity index (χ2v) is 4.27. The minimum atomic E-state index is -4.34. The Morgan fingerprint density at radius 2 is 2.00 bits per heavy atom. The van der Waals surface area contributed by atoms with Crippen LogP contribution in [0, 0.1) is 0 Å². The van der Waals surface area contributed by atoms with E-state index >= 15 is 0 Å². The molecule has 1 aromatic carbocycles. The SMILES string of the molecule is O=C(CCC(F)(F)F)c1cc2cc(Cl)ccc2o1. The molecule has 0 bridgehead atoms. The van der Waals surface area contributed by atoms with Gasteiger partial charge in [0.2, 0.25) is 0 Å². The Balaban J connectivity index is 2.18. The first-order valence-electron chi connectivity index (χ1n) is 5.14. The molecule has 0 amide bonds. The third-order valence-electron chi connectivity index (χ3n) is 2.39. The summed E-state index contributed by atoms with van der Waals surface area (Å²) in [6.45, 7) is 0. The number of ketones is 1. The van der Waals surface area contributed by atoms with Crippen LogP contribution in [-0.2, 0) is 0 Å². The third kappa shape index (κ3) is 3.04. The zero-order valence-electron chi connectivity index (χ0n) is 9.05. The summed E-state index contributed by atoms with van der Waals surface area (Å²) in [5.74, 6) is -0.740. The fourth-order valence-corrected chi connectivity index (χ4v) is 1.71. The molecular weight excluding hydrogens is 269 g/mol. The van der Waals surface area contributed by atoms with Gasteiger partial charge in [-0.3, -0.25) is 4.79 Å². The van der Waals surface area contributed by atoms with Gasteiger partial charge in [0.25, 0.3) is 0 Å². The van der Waals surface area contributed by atoms with Crippen molar-refractivity contribution in [2.75, 3.05) is 0 Å². The maximum absolute atomic E-state index is 12.0. The Morgan fingerprint density at radius 3 is 2.67 bits per heavy atom. The summed E-state index contributed by atoms with van der Waals surface area (Å²) < 4.78 is 41.1. The number of fused-ring (bicyclic) bond motifs is 1. The van der Waals surface area contributed by atoms with E-state index in [-0.39, 0.29) is 5.76 Å². The number of carbonyl (C=O) groups is 1. The predicted molar refractivity (Wildman–Crippen MR) is 60.8 cm³/mol. The van der Waals surface area contributed by atoms with E-state index in [2.05, 4.69) is 0 Å². The zero-order chi connectivity index (χ0) is 13.3. The van der Waals surface area contributed by atoms with E-state index in [4.69, 9.17) is 16.0 Å². The van der Waals surface area contributed by atoms with Crippen molar-refractivity contribution < 1.29 is 22.4 Å². The van der Waals surface area contributed by atoms with E-state index in [1.54, 1.807) is 18.2 Å². The Morgan fingerprint density at radius 1 is 1.28 bits per heavy atom. The van der Waals surface area contributed by atoms with Crippen LogP contribution in [-0.4, -0.2) is 12.0 Å². The number of hydrogen-bond donors (Lipinski definition) is 0. The predicted octanol–water partition coefficient (Wildman–Crippen LogP) is 4.61. The highest BCUT2D eigenvalue weighted by molar-refractivity contribution is 6.31. The molecule has 18 heavy (non-hydrogen) atoms. The lowest BCUT2D eigenvalue weighted by Gasteiger charge is -2.03. The molecule has 2 aromatic rings. The first-order chi connectivity index (χ1) is 8.35. The van der Waals surface area contributed by atoms with Gasteiger partial charge in [0.05, 0.1) is 6.42 Å². The van der Waals surface area contributed by atoms with Crippen LogP contribution in [0.1, 0.15) is 23.4 Å². The fourth-order valence-electron chi connectivity index (χ4n) is 1.53.